The second-order valence-corrected chi connectivity index (χ2v) is 4.20. The van der Waals surface area contributed by atoms with Crippen LogP contribution in [0, 0.1) is 0 Å². The highest BCUT2D eigenvalue weighted by Crippen LogP contribution is 2.16. The van der Waals surface area contributed by atoms with E-state index in [-0.39, 0.29) is 0 Å². The first kappa shape index (κ1) is 11.8. The predicted octanol–water partition coefficient (Wildman–Crippen LogP) is 2.15. The van der Waals surface area contributed by atoms with Crippen molar-refractivity contribution in [1.29, 1.82) is 0 Å². The van der Waals surface area contributed by atoms with Crippen molar-refractivity contribution in [3.63, 3.8) is 0 Å². The number of hydrogen-bond donors (Lipinski definition) is 1. The number of pyridine rings is 1. The third kappa shape index (κ3) is 4.16. The fourth-order valence-electron chi connectivity index (χ4n) is 1.29. The van der Waals surface area contributed by atoms with Gasteiger partial charge in [-0.25, -0.2) is 9.78 Å². The molecule has 0 spiro atoms. The average Bonchev–Trinajstić information content (AvgIpc) is 1.99. The lowest BCUT2D eigenvalue weighted by molar-refractivity contribution is 0.0454. The zero-order valence-electron chi connectivity index (χ0n) is 8.66. The predicted molar refractivity (Wildman–Crippen MR) is 57.7 cm³/mol. The van der Waals surface area contributed by atoms with E-state index < -0.39 is 11.7 Å². The Morgan fingerprint density at radius 3 is 2.80 bits per heavy atom. The average molecular weight is 229 g/mol. The van der Waals surface area contributed by atoms with Gasteiger partial charge in [0.1, 0.15) is 10.8 Å². The fourth-order valence-corrected chi connectivity index (χ4v) is 1.47. The van der Waals surface area contributed by atoms with E-state index in [1.54, 1.807) is 26.0 Å². The molecular weight excluding hydrogens is 216 g/mol. The van der Waals surface area contributed by atoms with Gasteiger partial charge in [0.05, 0.1) is 0 Å². The smallest absolute Gasteiger partial charge is 0.405 e. The van der Waals surface area contributed by atoms with E-state index in [2.05, 4.69) is 4.98 Å². The van der Waals surface area contributed by atoms with E-state index in [9.17, 15) is 4.79 Å². The van der Waals surface area contributed by atoms with Gasteiger partial charge in [0.15, 0.2) is 0 Å². The number of carbonyl (C=O) groups is 1. The van der Waals surface area contributed by atoms with Crippen LogP contribution in [0.25, 0.3) is 0 Å². The zero-order valence-corrected chi connectivity index (χ0v) is 9.41. The third-order valence-corrected chi connectivity index (χ3v) is 1.97. The van der Waals surface area contributed by atoms with Gasteiger partial charge in [-0.3, -0.25) is 0 Å². The van der Waals surface area contributed by atoms with Gasteiger partial charge in [-0.1, -0.05) is 17.7 Å². The number of halogens is 1. The van der Waals surface area contributed by atoms with Crippen LogP contribution < -0.4 is 5.73 Å². The number of ether oxygens (including phenoxy) is 1. The number of primary amides is 1. The number of rotatable bonds is 3. The number of nitrogens with zero attached hydrogens (tertiary/aromatic N) is 1. The highest BCUT2D eigenvalue weighted by Gasteiger charge is 2.22. The van der Waals surface area contributed by atoms with E-state index in [1.807, 2.05) is 6.07 Å². The van der Waals surface area contributed by atoms with Crippen molar-refractivity contribution in [3.8, 4) is 0 Å². The Kier molecular flexibility index (Phi) is 3.52. The van der Waals surface area contributed by atoms with Crippen molar-refractivity contribution in [2.45, 2.75) is 25.9 Å². The van der Waals surface area contributed by atoms with Crippen LogP contribution in [0.15, 0.2) is 18.2 Å². The normalized spacial score (nSPS) is 11.1. The van der Waals surface area contributed by atoms with Crippen molar-refractivity contribution in [2.24, 2.45) is 5.73 Å². The van der Waals surface area contributed by atoms with Crippen LogP contribution in [0.3, 0.4) is 0 Å². The molecule has 0 aliphatic carbocycles. The Bertz CT molecular complexity index is 366. The Labute approximate surface area is 93.4 Å². The van der Waals surface area contributed by atoms with Crippen LogP contribution in [0.4, 0.5) is 4.79 Å². The molecule has 4 nitrogen and oxygen atoms in total. The van der Waals surface area contributed by atoms with Crippen LogP contribution >= 0.6 is 11.6 Å². The number of carbonyl (C=O) groups excluding carboxylic acids is 1. The number of aromatic nitrogens is 1. The highest BCUT2D eigenvalue weighted by atomic mass is 35.5. The standard InChI is InChI=1S/C10H13ClN2O2/c1-10(2,15-9(12)14)6-7-4-3-5-8(11)13-7/h3-5H,6H2,1-2H3,(H2,12,14). The summed E-state index contributed by atoms with van der Waals surface area (Å²) >= 11 is 5.74. The lowest BCUT2D eigenvalue weighted by Gasteiger charge is -2.23. The molecule has 0 saturated heterocycles. The summed E-state index contributed by atoms with van der Waals surface area (Å²) in [5.41, 5.74) is 5.04. The van der Waals surface area contributed by atoms with Crippen LogP contribution in [0.2, 0.25) is 5.15 Å². The summed E-state index contributed by atoms with van der Waals surface area (Å²) in [7, 11) is 0. The number of nitrogens with two attached hydrogens (primary N) is 1. The van der Waals surface area contributed by atoms with Crippen molar-refractivity contribution in [3.05, 3.63) is 29.0 Å². The third-order valence-electron chi connectivity index (χ3n) is 1.76. The monoisotopic (exact) mass is 228 g/mol. The van der Waals surface area contributed by atoms with Gasteiger partial charge in [-0.05, 0) is 26.0 Å². The summed E-state index contributed by atoms with van der Waals surface area (Å²) < 4.78 is 4.94. The molecule has 2 N–H and O–H groups in total. The molecule has 5 heteroatoms. The first-order chi connectivity index (χ1) is 6.89. The number of hydrogen-bond acceptors (Lipinski definition) is 3. The van der Waals surface area contributed by atoms with Crippen molar-refractivity contribution < 1.29 is 9.53 Å². The second kappa shape index (κ2) is 4.49. The molecule has 0 saturated carbocycles. The largest absolute Gasteiger partial charge is 0.443 e. The molecule has 0 bridgehead atoms. The lowest BCUT2D eigenvalue weighted by atomic mass is 10.0. The van der Waals surface area contributed by atoms with Gasteiger partial charge in [0.2, 0.25) is 0 Å². The SMILES string of the molecule is CC(C)(Cc1cccc(Cl)n1)OC(N)=O. The van der Waals surface area contributed by atoms with E-state index in [0.29, 0.717) is 11.6 Å². The molecular formula is C10H13ClN2O2. The Morgan fingerprint density at radius 1 is 1.60 bits per heavy atom. The Morgan fingerprint density at radius 2 is 2.27 bits per heavy atom. The van der Waals surface area contributed by atoms with Crippen molar-refractivity contribution >= 4 is 17.7 Å². The topological polar surface area (TPSA) is 65.2 Å². The second-order valence-electron chi connectivity index (χ2n) is 3.81. The summed E-state index contributed by atoms with van der Waals surface area (Å²) in [4.78, 5) is 14.7. The van der Waals surface area contributed by atoms with Gasteiger partial charge >= 0.3 is 6.09 Å². The molecule has 0 radical (unpaired) electrons. The van der Waals surface area contributed by atoms with Crippen molar-refractivity contribution in [2.75, 3.05) is 0 Å². The number of amides is 1. The van der Waals surface area contributed by atoms with Crippen LogP contribution in [0.1, 0.15) is 19.5 Å². The summed E-state index contributed by atoms with van der Waals surface area (Å²) in [6, 6.07) is 5.30. The molecule has 0 aliphatic heterocycles. The molecule has 1 rings (SSSR count). The van der Waals surface area contributed by atoms with Crippen LogP contribution in [-0.4, -0.2) is 16.7 Å². The molecule has 82 valence electrons. The lowest BCUT2D eigenvalue weighted by Crippen LogP contribution is -2.33. The zero-order chi connectivity index (χ0) is 11.5. The molecule has 1 heterocycles. The maximum atomic E-state index is 10.6. The quantitative estimate of drug-likeness (QED) is 0.807. The Hall–Kier alpha value is -1.29. The molecule has 1 aromatic heterocycles. The molecule has 0 atom stereocenters. The Balaban J connectivity index is 2.72. The molecule has 1 amide bonds. The fraction of sp³-hybridized carbons (Fsp3) is 0.400. The molecule has 1 aromatic rings. The van der Waals surface area contributed by atoms with Gasteiger partial charge in [-0.15, -0.1) is 0 Å². The maximum absolute atomic E-state index is 10.6. The van der Waals surface area contributed by atoms with Gasteiger partial charge in [0, 0.05) is 12.1 Å². The highest BCUT2D eigenvalue weighted by molar-refractivity contribution is 6.29. The summed E-state index contributed by atoms with van der Waals surface area (Å²) in [6.45, 7) is 3.53. The molecule has 0 aromatic carbocycles. The van der Waals surface area contributed by atoms with E-state index >= 15 is 0 Å². The maximum Gasteiger partial charge on any atom is 0.405 e. The minimum absolute atomic E-state index is 0.419. The first-order valence-corrected chi connectivity index (χ1v) is 4.87. The molecule has 0 fully saturated rings. The summed E-state index contributed by atoms with van der Waals surface area (Å²) in [5, 5.41) is 0.419. The van der Waals surface area contributed by atoms with Crippen molar-refractivity contribution in [1.82, 2.24) is 4.98 Å². The summed E-state index contributed by atoms with van der Waals surface area (Å²) in [6.07, 6.45) is -0.321. The minimum atomic E-state index is -0.790. The van der Waals surface area contributed by atoms with Gasteiger partial charge < -0.3 is 10.5 Å². The van der Waals surface area contributed by atoms with E-state index in [1.165, 1.54) is 0 Å². The van der Waals surface area contributed by atoms with Gasteiger partial charge in [0.25, 0.3) is 0 Å². The van der Waals surface area contributed by atoms with Crippen LogP contribution in [0.5, 0.6) is 0 Å². The summed E-state index contributed by atoms with van der Waals surface area (Å²) in [5.74, 6) is 0. The van der Waals surface area contributed by atoms with E-state index in [4.69, 9.17) is 22.1 Å². The van der Waals surface area contributed by atoms with Crippen LogP contribution in [-0.2, 0) is 11.2 Å². The van der Waals surface area contributed by atoms with Gasteiger partial charge in [-0.2, -0.15) is 0 Å². The molecule has 0 unspecified atom stereocenters. The first-order valence-electron chi connectivity index (χ1n) is 4.49. The molecule has 0 aliphatic rings. The minimum Gasteiger partial charge on any atom is -0.443 e. The molecule has 15 heavy (non-hydrogen) atoms. The van der Waals surface area contributed by atoms with E-state index in [0.717, 1.165) is 5.69 Å².